The van der Waals surface area contributed by atoms with Crippen LogP contribution in [0.2, 0.25) is 0 Å². The van der Waals surface area contributed by atoms with E-state index in [1.807, 2.05) is 60.9 Å². The number of aromatic nitrogens is 6. The van der Waals surface area contributed by atoms with Gasteiger partial charge in [-0.1, -0.05) is 152 Å². The van der Waals surface area contributed by atoms with E-state index in [-0.39, 0.29) is 0 Å². The normalized spacial score (nSPS) is 13.1. The molecule has 11 nitrogen and oxygen atoms in total. The van der Waals surface area contributed by atoms with Crippen molar-refractivity contribution in [2.75, 3.05) is 9.80 Å². The van der Waals surface area contributed by atoms with Gasteiger partial charge in [0.1, 0.15) is 16.5 Å². The van der Waals surface area contributed by atoms with Gasteiger partial charge in [-0.25, -0.2) is 15.0 Å². The van der Waals surface area contributed by atoms with E-state index in [0.717, 1.165) is 157 Å². The first kappa shape index (κ1) is 45.4. The lowest BCUT2D eigenvalue weighted by Gasteiger charge is -2.33. The molecule has 8 heterocycles. The van der Waals surface area contributed by atoms with Gasteiger partial charge in [0.2, 0.25) is 0 Å². The Morgan fingerprint density at radius 3 is 1.60 bits per heavy atom. The van der Waals surface area contributed by atoms with Crippen LogP contribution in [0, 0.1) is 0 Å². The first-order valence-corrected chi connectivity index (χ1v) is 27.8. The second kappa shape index (κ2) is 17.5. The predicted octanol–water partition coefficient (Wildman–Crippen LogP) is 17.1. The number of hydrogen-bond acceptors (Lipinski definition) is 9. The second-order valence-corrected chi connectivity index (χ2v) is 21.1. The topological polar surface area (TPSA) is 97.7 Å². The van der Waals surface area contributed by atoms with Crippen LogP contribution in [0.25, 0.3) is 82.9 Å². The van der Waals surface area contributed by atoms with Gasteiger partial charge in [-0.05, 0) is 101 Å². The van der Waals surface area contributed by atoms with Crippen molar-refractivity contribution in [1.29, 1.82) is 0 Å². The molecule has 10 aromatic carbocycles. The molecule has 0 unspecified atom stereocenters. The van der Waals surface area contributed by atoms with Crippen molar-refractivity contribution in [3.8, 4) is 45.4 Å². The molecule has 0 bridgehead atoms. The molecule has 3 aliphatic heterocycles. The number of nitrogens with zero attached hydrogens (tertiary/aromatic N) is 9. The van der Waals surface area contributed by atoms with E-state index < -0.39 is 0 Å². The Bertz CT molecular complexity index is 5090. The van der Waals surface area contributed by atoms with Gasteiger partial charge in [0.25, 0.3) is 0 Å². The lowest BCUT2D eigenvalue weighted by Crippen LogP contribution is -2.25. The average molecular weight is 1070 g/mol. The SMILES string of the molecule is C1=Nc2c(cccc2-c2cnc3c(n2)c2cccc4c5ccc(-c6ccccc6)c6c7nccnc7n(c(=C(c7ccc(N8c9ccccc9Oc9ccccc98)cc7)c7ccc(N8c9ccccc9Oc9ccccc98)cc7)n3c42)c56)C1. The number of ether oxygens (including phenoxy) is 2. The van der Waals surface area contributed by atoms with Crippen molar-refractivity contribution in [2.24, 2.45) is 4.99 Å². The Morgan fingerprint density at radius 2 is 0.964 bits per heavy atom. The van der Waals surface area contributed by atoms with E-state index >= 15 is 0 Å². The van der Waals surface area contributed by atoms with Crippen molar-refractivity contribution in [2.45, 2.75) is 6.42 Å². The van der Waals surface area contributed by atoms with Gasteiger partial charge in [0.05, 0.1) is 51.4 Å². The quantitative estimate of drug-likeness (QED) is 0.162. The second-order valence-electron chi connectivity index (χ2n) is 21.1. The molecule has 0 saturated heterocycles. The highest BCUT2D eigenvalue weighted by Gasteiger charge is 2.30. The Morgan fingerprint density at radius 1 is 0.422 bits per heavy atom. The zero-order valence-electron chi connectivity index (χ0n) is 44.2. The maximum Gasteiger partial charge on any atom is 0.165 e. The van der Waals surface area contributed by atoms with E-state index in [2.05, 4.69) is 195 Å². The number of rotatable bonds is 6. The van der Waals surface area contributed by atoms with E-state index in [0.29, 0.717) is 11.3 Å². The molecule has 5 aromatic heterocycles. The molecule has 0 amide bonds. The van der Waals surface area contributed by atoms with Crippen LogP contribution in [-0.2, 0) is 6.42 Å². The van der Waals surface area contributed by atoms with Gasteiger partial charge >= 0.3 is 0 Å². The summed E-state index contributed by atoms with van der Waals surface area (Å²) in [6, 6.07) is 78.7. The molecule has 0 fully saturated rings. The van der Waals surface area contributed by atoms with E-state index in [1.165, 1.54) is 5.56 Å². The van der Waals surface area contributed by atoms with E-state index in [9.17, 15) is 0 Å². The standard InChI is InChI=1S/C72H43N9O2/c1-2-14-43(15-3-1)49-36-37-51-50-17-13-19-53-66-70(76-42-54(77-66)52-18-12-16-46-38-39-73-65(46)52)80(68(50)53)72(81-69(51)64(49)67-71(81)75-41-40-74-67)63(44-28-32-47(33-29-44)78-55-20-4-8-24-59(55)82-60-25-9-5-21-56(60)78)45-30-34-48(35-31-45)79-57-22-6-10-26-61(57)83-62-27-11-7-23-58(62)79/h1-37,39-42H,38H2. The highest BCUT2D eigenvalue weighted by molar-refractivity contribution is 6.25. The maximum absolute atomic E-state index is 6.50. The van der Waals surface area contributed by atoms with Crippen LogP contribution in [0.4, 0.5) is 39.8 Å². The van der Waals surface area contributed by atoms with Gasteiger partial charge in [0, 0.05) is 69.1 Å². The molecule has 18 rings (SSSR count). The summed E-state index contributed by atoms with van der Waals surface area (Å²) in [5.74, 6) is 3.15. The van der Waals surface area contributed by atoms with Crippen LogP contribution >= 0.6 is 0 Å². The van der Waals surface area contributed by atoms with Crippen LogP contribution in [-0.4, -0.2) is 35.0 Å². The molecule has 0 spiro atoms. The third-order valence-electron chi connectivity index (χ3n) is 16.7. The number of benzene rings is 10. The average Bonchev–Trinajstić information content (AvgIpc) is 2.68. The zero-order valence-corrected chi connectivity index (χ0v) is 44.2. The molecule has 0 atom stereocenters. The maximum atomic E-state index is 6.50. The molecular weight excluding hydrogens is 1020 g/mol. The van der Waals surface area contributed by atoms with E-state index in [1.54, 1.807) is 12.4 Å². The Kier molecular flexibility index (Phi) is 9.60. The lowest BCUT2D eigenvalue weighted by molar-refractivity contribution is 0.477. The summed E-state index contributed by atoms with van der Waals surface area (Å²) in [7, 11) is 0. The van der Waals surface area contributed by atoms with Crippen molar-refractivity contribution in [3.05, 3.63) is 265 Å². The highest BCUT2D eigenvalue weighted by Crippen LogP contribution is 2.52. The van der Waals surface area contributed by atoms with Crippen molar-refractivity contribution < 1.29 is 9.47 Å². The summed E-state index contributed by atoms with van der Waals surface area (Å²) in [4.78, 5) is 31.2. The number of fused-ring (bicyclic) bond motifs is 12. The monoisotopic (exact) mass is 1070 g/mol. The Labute approximate surface area is 474 Å². The molecule has 3 aliphatic rings. The number of para-hydroxylation sites is 10. The minimum absolute atomic E-state index is 0.700. The third-order valence-corrected chi connectivity index (χ3v) is 16.7. The minimum atomic E-state index is 0.700. The van der Waals surface area contributed by atoms with E-state index in [4.69, 9.17) is 34.4 Å². The lowest BCUT2D eigenvalue weighted by atomic mass is 9.97. The van der Waals surface area contributed by atoms with Gasteiger partial charge in [-0.2, -0.15) is 0 Å². The van der Waals surface area contributed by atoms with Crippen LogP contribution in [0.15, 0.2) is 248 Å². The number of hydrogen-bond donors (Lipinski definition) is 0. The molecule has 0 radical (unpaired) electrons. The fourth-order valence-electron chi connectivity index (χ4n) is 13.1. The largest absolute Gasteiger partial charge is 0.453 e. The van der Waals surface area contributed by atoms with Gasteiger partial charge in [-0.15, -0.1) is 0 Å². The highest BCUT2D eigenvalue weighted by atomic mass is 16.5. The van der Waals surface area contributed by atoms with Crippen LogP contribution < -0.4 is 24.8 Å². The van der Waals surface area contributed by atoms with Gasteiger partial charge in [0.15, 0.2) is 34.3 Å². The summed E-state index contributed by atoms with van der Waals surface area (Å²) < 4.78 is 17.7. The van der Waals surface area contributed by atoms with Crippen molar-refractivity contribution in [3.63, 3.8) is 0 Å². The summed E-state index contributed by atoms with van der Waals surface area (Å²) in [6.45, 7) is 0. The first-order valence-electron chi connectivity index (χ1n) is 27.8. The van der Waals surface area contributed by atoms with Crippen LogP contribution in [0.3, 0.4) is 0 Å². The molecule has 83 heavy (non-hydrogen) atoms. The summed E-state index contributed by atoms with van der Waals surface area (Å²) in [5.41, 5.74) is 20.4. The summed E-state index contributed by atoms with van der Waals surface area (Å²) in [6.07, 6.45) is 8.29. The van der Waals surface area contributed by atoms with Gasteiger partial charge < -0.3 is 19.3 Å². The Hall–Kier alpha value is -11.4. The minimum Gasteiger partial charge on any atom is -0.453 e. The molecular formula is C72H43N9O2. The third kappa shape index (κ3) is 6.64. The summed E-state index contributed by atoms with van der Waals surface area (Å²) >= 11 is 0. The molecule has 0 saturated carbocycles. The molecule has 388 valence electrons. The van der Waals surface area contributed by atoms with Crippen LogP contribution in [0.5, 0.6) is 23.0 Å². The number of anilines is 6. The molecule has 0 N–H and O–H groups in total. The molecule has 11 heteroatoms. The zero-order chi connectivity index (χ0) is 54.3. The van der Waals surface area contributed by atoms with Crippen LogP contribution in [0.1, 0.15) is 16.7 Å². The van der Waals surface area contributed by atoms with Gasteiger partial charge in [-0.3, -0.25) is 18.8 Å². The molecule has 15 aromatic rings. The predicted molar refractivity (Wildman–Crippen MR) is 332 cm³/mol. The number of aliphatic imine (C=N–C) groups is 1. The summed E-state index contributed by atoms with van der Waals surface area (Å²) in [5, 5.41) is 4.06. The first-order chi connectivity index (χ1) is 41.2. The fraction of sp³-hybridized carbons (Fsp3) is 0.0139. The fourth-order valence-corrected chi connectivity index (χ4v) is 13.1. The Balaban J connectivity index is 1.00. The van der Waals surface area contributed by atoms with Crippen molar-refractivity contribution >= 4 is 107 Å². The van der Waals surface area contributed by atoms with Crippen molar-refractivity contribution in [1.82, 2.24) is 28.7 Å². The smallest absolute Gasteiger partial charge is 0.165 e. The molecule has 0 aliphatic carbocycles.